The first kappa shape index (κ1) is 24.7. The molecule has 2 heterocycles. The van der Waals surface area contributed by atoms with E-state index >= 15 is 0 Å². The largest absolute Gasteiger partial charge is 0.497 e. The first-order chi connectivity index (χ1) is 17.5. The topological polar surface area (TPSA) is 149 Å². The fourth-order valence-corrected chi connectivity index (χ4v) is 3.41. The van der Waals surface area contributed by atoms with Crippen molar-refractivity contribution in [2.45, 2.75) is 25.6 Å². The van der Waals surface area contributed by atoms with E-state index in [2.05, 4.69) is 25.8 Å². The van der Waals surface area contributed by atoms with Crippen LogP contribution < -0.4 is 14.8 Å². The lowest BCUT2D eigenvalue weighted by atomic mass is 10.1. The molecule has 36 heavy (non-hydrogen) atoms. The highest BCUT2D eigenvalue weighted by atomic mass is 16.5. The summed E-state index contributed by atoms with van der Waals surface area (Å²) in [6, 6.07) is 15.0. The van der Waals surface area contributed by atoms with E-state index in [1.54, 1.807) is 18.0 Å². The molecule has 1 amide bonds. The number of aryl methyl sites for hydroxylation is 1. The minimum Gasteiger partial charge on any atom is -0.497 e. The first-order valence-electron chi connectivity index (χ1n) is 11.3. The zero-order chi connectivity index (χ0) is 25.3. The van der Waals surface area contributed by atoms with Crippen LogP contribution in [0.1, 0.15) is 23.9 Å². The number of aliphatic hydroxyl groups excluding tert-OH is 1. The molecule has 2 aromatic heterocycles. The molecule has 4 aromatic rings. The van der Waals surface area contributed by atoms with Crippen LogP contribution in [0.3, 0.4) is 0 Å². The number of aliphatic hydroxyl groups is 1. The Morgan fingerprint density at radius 1 is 1.08 bits per heavy atom. The highest BCUT2D eigenvalue weighted by molar-refractivity contribution is 5.64. The maximum Gasteiger partial charge on any atom is 0.404 e. The number of tetrazole rings is 1. The lowest BCUT2D eigenvalue weighted by Gasteiger charge is -2.09. The summed E-state index contributed by atoms with van der Waals surface area (Å²) in [5, 5.41) is 37.8. The summed E-state index contributed by atoms with van der Waals surface area (Å²) in [4.78, 5) is 11.9. The number of rotatable bonds is 12. The molecule has 0 bridgehead atoms. The molecule has 0 aliphatic heterocycles. The Morgan fingerprint density at radius 3 is 2.56 bits per heavy atom. The van der Waals surface area contributed by atoms with Crippen molar-refractivity contribution in [2.24, 2.45) is 0 Å². The second-order valence-electron chi connectivity index (χ2n) is 7.95. The van der Waals surface area contributed by atoms with Gasteiger partial charge in [-0.25, -0.2) is 4.79 Å². The molecule has 4 rings (SSSR count). The van der Waals surface area contributed by atoms with Crippen LogP contribution >= 0.6 is 0 Å². The molecule has 188 valence electrons. The van der Waals surface area contributed by atoms with Crippen molar-refractivity contribution >= 4 is 6.09 Å². The average Bonchev–Trinajstić information content (AvgIpc) is 3.56. The van der Waals surface area contributed by atoms with Crippen LogP contribution in [-0.2, 0) is 13.1 Å². The zero-order valence-corrected chi connectivity index (χ0v) is 19.7. The van der Waals surface area contributed by atoms with Crippen LogP contribution in [0.15, 0.2) is 60.9 Å². The van der Waals surface area contributed by atoms with Gasteiger partial charge in [-0.1, -0.05) is 24.3 Å². The van der Waals surface area contributed by atoms with Crippen molar-refractivity contribution in [1.82, 2.24) is 35.3 Å². The Labute approximate surface area is 207 Å². The standard InChI is InChI=1S/C24H27N7O5/c1-35-20-7-3-17(4-8-20)14-31-28-23(27-29-31)22(32)16-36-21-9-5-18(6-10-21)19-13-26-30(15-19)12-2-11-25-24(33)34/h3-10,13,15,22,25,32H,2,11-12,14,16H2,1H3,(H,33,34). The van der Waals surface area contributed by atoms with Gasteiger partial charge in [-0.3, -0.25) is 4.68 Å². The van der Waals surface area contributed by atoms with E-state index in [1.807, 2.05) is 54.7 Å². The number of methoxy groups -OCH3 is 1. The highest BCUT2D eigenvalue weighted by Gasteiger charge is 2.15. The van der Waals surface area contributed by atoms with Crippen LogP contribution in [0.5, 0.6) is 11.5 Å². The van der Waals surface area contributed by atoms with E-state index in [0.29, 0.717) is 31.8 Å². The summed E-state index contributed by atoms with van der Waals surface area (Å²) in [5.41, 5.74) is 2.87. The Morgan fingerprint density at radius 2 is 1.83 bits per heavy atom. The fraction of sp³-hybridized carbons (Fsp3) is 0.292. The van der Waals surface area contributed by atoms with Crippen molar-refractivity contribution in [3.05, 3.63) is 72.3 Å². The molecule has 0 saturated heterocycles. The number of benzene rings is 2. The average molecular weight is 494 g/mol. The van der Waals surface area contributed by atoms with Crippen LogP contribution in [0, 0.1) is 0 Å². The Balaban J connectivity index is 1.25. The predicted octanol–water partition coefficient (Wildman–Crippen LogP) is 2.36. The van der Waals surface area contributed by atoms with E-state index in [1.165, 1.54) is 4.80 Å². The smallest absolute Gasteiger partial charge is 0.404 e. The van der Waals surface area contributed by atoms with Crippen LogP contribution in [0.2, 0.25) is 0 Å². The molecule has 1 atom stereocenters. The maximum atomic E-state index is 10.5. The van der Waals surface area contributed by atoms with Crippen LogP contribution in [-0.4, -0.2) is 66.6 Å². The maximum absolute atomic E-state index is 10.5. The van der Waals surface area contributed by atoms with E-state index in [4.69, 9.17) is 14.6 Å². The first-order valence-corrected chi connectivity index (χ1v) is 11.3. The van der Waals surface area contributed by atoms with E-state index in [0.717, 1.165) is 22.4 Å². The summed E-state index contributed by atoms with van der Waals surface area (Å²) < 4.78 is 12.6. The number of carboxylic acid groups (broad SMARTS) is 1. The van der Waals surface area contributed by atoms with Gasteiger partial charge in [-0.15, -0.1) is 10.2 Å². The quantitative estimate of drug-likeness (QED) is 0.253. The third-order valence-electron chi connectivity index (χ3n) is 5.32. The number of ether oxygens (including phenoxy) is 2. The molecule has 0 saturated carbocycles. The molecule has 1 unspecified atom stereocenters. The molecule has 0 fully saturated rings. The van der Waals surface area contributed by atoms with Gasteiger partial charge in [0.05, 0.1) is 19.9 Å². The van der Waals surface area contributed by atoms with Gasteiger partial charge in [0, 0.05) is 24.8 Å². The van der Waals surface area contributed by atoms with Crippen molar-refractivity contribution in [2.75, 3.05) is 20.3 Å². The normalized spacial score (nSPS) is 11.7. The number of carbonyl (C=O) groups is 1. The molecular formula is C24H27N7O5. The van der Waals surface area contributed by atoms with Crippen LogP contribution in [0.25, 0.3) is 11.1 Å². The Hall–Kier alpha value is -4.45. The lowest BCUT2D eigenvalue weighted by molar-refractivity contribution is 0.100. The van der Waals surface area contributed by atoms with Crippen molar-refractivity contribution in [1.29, 1.82) is 0 Å². The molecule has 2 aromatic carbocycles. The summed E-state index contributed by atoms with van der Waals surface area (Å²) in [6.07, 6.45) is 2.25. The Bertz CT molecular complexity index is 1250. The van der Waals surface area contributed by atoms with Crippen LogP contribution in [0.4, 0.5) is 4.79 Å². The van der Waals surface area contributed by atoms with E-state index in [-0.39, 0.29) is 12.4 Å². The number of hydrogen-bond acceptors (Lipinski definition) is 8. The monoisotopic (exact) mass is 493 g/mol. The van der Waals surface area contributed by atoms with Gasteiger partial charge < -0.3 is 25.0 Å². The van der Waals surface area contributed by atoms with E-state index < -0.39 is 12.2 Å². The van der Waals surface area contributed by atoms with Gasteiger partial charge in [0.1, 0.15) is 18.1 Å². The number of hydrogen-bond donors (Lipinski definition) is 3. The van der Waals surface area contributed by atoms with Crippen molar-refractivity contribution < 1.29 is 24.5 Å². The summed E-state index contributed by atoms with van der Waals surface area (Å²) >= 11 is 0. The highest BCUT2D eigenvalue weighted by Crippen LogP contribution is 2.23. The third-order valence-corrected chi connectivity index (χ3v) is 5.32. The number of nitrogens with one attached hydrogen (secondary N) is 1. The minimum absolute atomic E-state index is 0.0180. The molecule has 12 nitrogen and oxygen atoms in total. The SMILES string of the molecule is COc1ccc(Cn2nnc(C(O)COc3ccc(-c4cnn(CCCNC(=O)O)c4)cc3)n2)cc1. The van der Waals surface area contributed by atoms with Crippen molar-refractivity contribution in [3.8, 4) is 22.6 Å². The molecule has 0 spiro atoms. The molecule has 0 radical (unpaired) electrons. The van der Waals surface area contributed by atoms with Gasteiger partial charge in [0.15, 0.2) is 6.10 Å². The fourth-order valence-electron chi connectivity index (χ4n) is 3.41. The minimum atomic E-state index is -1.03. The van der Waals surface area contributed by atoms with Gasteiger partial charge in [0.25, 0.3) is 0 Å². The summed E-state index contributed by atoms with van der Waals surface area (Å²) in [7, 11) is 1.61. The molecule has 12 heteroatoms. The molecule has 0 aliphatic carbocycles. The molecular weight excluding hydrogens is 466 g/mol. The van der Waals surface area contributed by atoms with Gasteiger partial charge in [0.2, 0.25) is 5.82 Å². The summed E-state index contributed by atoms with van der Waals surface area (Å²) in [6.45, 7) is 1.38. The molecule has 3 N–H and O–H groups in total. The van der Waals surface area contributed by atoms with Gasteiger partial charge in [-0.2, -0.15) is 9.90 Å². The van der Waals surface area contributed by atoms with E-state index in [9.17, 15) is 9.90 Å². The number of amides is 1. The second kappa shape index (κ2) is 11.8. The number of nitrogens with zero attached hydrogens (tertiary/aromatic N) is 6. The third kappa shape index (κ3) is 6.79. The predicted molar refractivity (Wildman–Crippen MR) is 129 cm³/mol. The summed E-state index contributed by atoms with van der Waals surface area (Å²) in [5.74, 6) is 1.55. The molecule has 0 aliphatic rings. The lowest BCUT2D eigenvalue weighted by Crippen LogP contribution is -2.22. The van der Waals surface area contributed by atoms with Crippen molar-refractivity contribution in [3.63, 3.8) is 0 Å². The van der Waals surface area contributed by atoms with Gasteiger partial charge in [-0.05, 0) is 47.0 Å². The number of aromatic nitrogens is 6. The Kier molecular flexibility index (Phi) is 8.08. The second-order valence-corrected chi connectivity index (χ2v) is 7.95. The zero-order valence-electron chi connectivity index (χ0n) is 19.7. The van der Waals surface area contributed by atoms with Gasteiger partial charge >= 0.3 is 6.09 Å².